The van der Waals surface area contributed by atoms with Crippen molar-refractivity contribution in [3.05, 3.63) is 0 Å². The van der Waals surface area contributed by atoms with Crippen LogP contribution in [0, 0.1) is 5.92 Å². The van der Waals surface area contributed by atoms with Gasteiger partial charge in [-0.25, -0.2) is 9.59 Å². The predicted octanol–water partition coefficient (Wildman–Crippen LogP) is 1.13. The molecular weight excluding hydrogens is 252 g/mol. The van der Waals surface area contributed by atoms with E-state index in [0.29, 0.717) is 0 Å². The summed E-state index contributed by atoms with van der Waals surface area (Å²) in [5, 5.41) is 2.42. The molecule has 0 radical (unpaired) electrons. The van der Waals surface area contributed by atoms with Gasteiger partial charge in [-0.15, -0.1) is 0 Å². The Morgan fingerprint density at radius 3 is 2.11 bits per heavy atom. The average molecular weight is 274 g/mol. The molecule has 0 saturated heterocycles. The fourth-order valence-corrected chi connectivity index (χ4v) is 1.15. The van der Waals surface area contributed by atoms with Gasteiger partial charge in [-0.1, -0.05) is 20.8 Å². The largest absolute Gasteiger partial charge is 0.447 e. The van der Waals surface area contributed by atoms with E-state index < -0.39 is 24.0 Å². The van der Waals surface area contributed by atoms with Crippen LogP contribution in [0.15, 0.2) is 0 Å². The Bertz CT molecular complexity index is 328. The van der Waals surface area contributed by atoms with Crippen molar-refractivity contribution >= 4 is 18.0 Å². The lowest BCUT2D eigenvalue weighted by Crippen LogP contribution is -2.50. The van der Waals surface area contributed by atoms with Gasteiger partial charge < -0.3 is 14.9 Å². The van der Waals surface area contributed by atoms with Gasteiger partial charge in [-0.2, -0.15) is 5.48 Å². The first-order valence-electron chi connectivity index (χ1n) is 6.24. The van der Waals surface area contributed by atoms with Gasteiger partial charge >= 0.3 is 12.1 Å². The van der Waals surface area contributed by atoms with Crippen molar-refractivity contribution in [3.63, 3.8) is 0 Å². The molecule has 7 heteroatoms. The van der Waals surface area contributed by atoms with E-state index in [1.54, 1.807) is 34.6 Å². The quantitative estimate of drug-likeness (QED) is 0.733. The lowest BCUT2D eigenvalue weighted by molar-refractivity contribution is -0.159. The minimum absolute atomic E-state index is 0.148. The lowest BCUT2D eigenvalue weighted by atomic mass is 10.0. The summed E-state index contributed by atoms with van der Waals surface area (Å²) in [5.74, 6) is -1.34. The monoisotopic (exact) mass is 274 g/mol. The summed E-state index contributed by atoms with van der Waals surface area (Å²) in [7, 11) is 0. The highest BCUT2D eigenvalue weighted by molar-refractivity contribution is 5.86. The highest BCUT2D eigenvalue weighted by Crippen LogP contribution is 2.03. The maximum atomic E-state index is 11.8. The fraction of sp³-hybridized carbons (Fsp3) is 0.750. The maximum Gasteiger partial charge on any atom is 0.408 e. The van der Waals surface area contributed by atoms with Crippen LogP contribution in [0.2, 0.25) is 0 Å². The molecule has 0 aliphatic rings. The molecule has 1 unspecified atom stereocenters. The van der Waals surface area contributed by atoms with Crippen LogP contribution in [-0.4, -0.2) is 30.1 Å². The van der Waals surface area contributed by atoms with Crippen LogP contribution in [0.4, 0.5) is 4.79 Å². The van der Waals surface area contributed by atoms with Gasteiger partial charge in [0.05, 0.1) is 6.10 Å². The average Bonchev–Trinajstić information content (AvgIpc) is 2.31. The van der Waals surface area contributed by atoms with E-state index in [1.165, 1.54) is 0 Å². The summed E-state index contributed by atoms with van der Waals surface area (Å²) in [5.41, 5.74) is 2.01. The van der Waals surface area contributed by atoms with Gasteiger partial charge in [-0.3, -0.25) is 4.79 Å². The molecule has 0 fully saturated rings. The van der Waals surface area contributed by atoms with Crippen molar-refractivity contribution in [1.82, 2.24) is 10.8 Å². The van der Waals surface area contributed by atoms with Crippen LogP contribution in [-0.2, 0) is 19.2 Å². The minimum Gasteiger partial charge on any atom is -0.447 e. The number of ether oxygens (including phenoxy) is 1. The van der Waals surface area contributed by atoms with Crippen LogP contribution in [0.1, 0.15) is 41.0 Å². The summed E-state index contributed by atoms with van der Waals surface area (Å²) >= 11 is 0. The summed E-state index contributed by atoms with van der Waals surface area (Å²) in [6.45, 7) is 8.51. The van der Waals surface area contributed by atoms with E-state index in [2.05, 4.69) is 10.2 Å². The summed E-state index contributed by atoms with van der Waals surface area (Å²) in [6, 6.07) is -0.837. The highest BCUT2D eigenvalue weighted by Gasteiger charge is 2.26. The SMILES string of the molecule is CCC(=O)ONC(=O)C(NC(=O)OC(C)C)C(C)C. The molecule has 1 atom stereocenters. The molecule has 2 amide bonds. The molecule has 2 N–H and O–H groups in total. The molecule has 0 aromatic heterocycles. The van der Waals surface area contributed by atoms with Gasteiger partial charge in [0.1, 0.15) is 6.04 Å². The Morgan fingerprint density at radius 1 is 1.11 bits per heavy atom. The molecule has 0 aliphatic heterocycles. The Hall–Kier alpha value is -1.79. The van der Waals surface area contributed by atoms with Crippen molar-refractivity contribution in [2.45, 2.75) is 53.2 Å². The summed E-state index contributed by atoms with van der Waals surface area (Å²) in [4.78, 5) is 38.7. The van der Waals surface area contributed by atoms with Gasteiger partial charge in [0, 0.05) is 6.42 Å². The lowest BCUT2D eigenvalue weighted by Gasteiger charge is -2.21. The third kappa shape index (κ3) is 7.28. The topological polar surface area (TPSA) is 93.7 Å². The number of carbonyl (C=O) groups excluding carboxylic acids is 3. The second kappa shape index (κ2) is 8.34. The van der Waals surface area contributed by atoms with E-state index in [9.17, 15) is 14.4 Å². The van der Waals surface area contributed by atoms with E-state index in [-0.39, 0.29) is 18.4 Å². The van der Waals surface area contributed by atoms with Gasteiger partial charge in [0.15, 0.2) is 0 Å². The molecular formula is C12H22N2O5. The minimum atomic E-state index is -0.837. The number of carbonyl (C=O) groups is 3. The highest BCUT2D eigenvalue weighted by atomic mass is 16.7. The zero-order valence-corrected chi connectivity index (χ0v) is 12.0. The Morgan fingerprint density at radius 2 is 1.68 bits per heavy atom. The second-order valence-corrected chi connectivity index (χ2v) is 4.61. The van der Waals surface area contributed by atoms with Crippen molar-refractivity contribution < 1.29 is 24.0 Å². The van der Waals surface area contributed by atoms with Gasteiger partial charge in [-0.05, 0) is 19.8 Å². The van der Waals surface area contributed by atoms with Crippen LogP contribution >= 0.6 is 0 Å². The molecule has 0 spiro atoms. The van der Waals surface area contributed by atoms with Crippen molar-refractivity contribution in [3.8, 4) is 0 Å². The smallest absolute Gasteiger partial charge is 0.408 e. The molecule has 0 aromatic carbocycles. The van der Waals surface area contributed by atoms with Crippen molar-refractivity contribution in [1.29, 1.82) is 0 Å². The number of rotatable bonds is 5. The van der Waals surface area contributed by atoms with Crippen molar-refractivity contribution in [2.24, 2.45) is 5.92 Å². The Labute approximate surface area is 113 Å². The summed E-state index contributed by atoms with van der Waals surface area (Å²) in [6.07, 6.45) is -0.824. The molecule has 7 nitrogen and oxygen atoms in total. The van der Waals surface area contributed by atoms with E-state index in [4.69, 9.17) is 4.74 Å². The number of alkyl carbamates (subject to hydrolysis) is 1. The van der Waals surface area contributed by atoms with E-state index in [1.807, 2.05) is 5.48 Å². The number of hydroxylamine groups is 1. The maximum absolute atomic E-state index is 11.8. The Kier molecular flexibility index (Phi) is 7.55. The second-order valence-electron chi connectivity index (χ2n) is 4.61. The first kappa shape index (κ1) is 17.2. The molecule has 0 saturated carbocycles. The van der Waals surface area contributed by atoms with Crippen molar-refractivity contribution in [2.75, 3.05) is 0 Å². The standard InChI is InChI=1S/C12H22N2O5/c1-6-9(15)19-14-11(16)10(7(2)3)13-12(17)18-8(4)5/h7-8,10H,6H2,1-5H3,(H,13,17)(H,14,16). The van der Waals surface area contributed by atoms with Crippen LogP contribution in [0.3, 0.4) is 0 Å². The zero-order valence-electron chi connectivity index (χ0n) is 12.0. The molecule has 110 valence electrons. The Balaban J connectivity index is 4.43. The molecule has 0 rings (SSSR count). The van der Waals surface area contributed by atoms with E-state index >= 15 is 0 Å². The predicted molar refractivity (Wildman–Crippen MR) is 67.9 cm³/mol. The van der Waals surface area contributed by atoms with Gasteiger partial charge in [0.2, 0.25) is 0 Å². The zero-order chi connectivity index (χ0) is 15.0. The van der Waals surface area contributed by atoms with Crippen LogP contribution in [0.25, 0.3) is 0 Å². The fourth-order valence-electron chi connectivity index (χ4n) is 1.15. The number of hydrogen-bond acceptors (Lipinski definition) is 5. The molecule has 0 aliphatic carbocycles. The normalized spacial score (nSPS) is 11.9. The van der Waals surface area contributed by atoms with Crippen LogP contribution in [0.5, 0.6) is 0 Å². The number of hydrogen-bond donors (Lipinski definition) is 2. The first-order chi connectivity index (χ1) is 8.77. The third-order valence-electron chi connectivity index (χ3n) is 2.12. The molecule has 0 heterocycles. The van der Waals surface area contributed by atoms with Gasteiger partial charge in [0.25, 0.3) is 5.91 Å². The van der Waals surface area contributed by atoms with Crippen LogP contribution < -0.4 is 10.8 Å². The molecule has 0 aromatic rings. The first-order valence-corrected chi connectivity index (χ1v) is 6.24. The number of amides is 2. The molecule has 0 bridgehead atoms. The molecule has 19 heavy (non-hydrogen) atoms. The summed E-state index contributed by atoms with van der Waals surface area (Å²) < 4.78 is 4.89. The third-order valence-corrected chi connectivity index (χ3v) is 2.12. The van der Waals surface area contributed by atoms with E-state index in [0.717, 1.165) is 0 Å². The number of nitrogens with one attached hydrogen (secondary N) is 2.